The van der Waals surface area contributed by atoms with Gasteiger partial charge in [-0.15, -0.1) is 0 Å². The number of nitrogen functional groups attached to an aromatic ring is 1. The fourth-order valence-corrected chi connectivity index (χ4v) is 2.69. The number of benzene rings is 1. The standard InChI is InChI=1S/C11H16FN3O3S/c1-3-14-11(16)7-15(2)19(17,18)10-6-8(12)4-5-9(10)13/h4-6H,3,7,13H2,1-2H3,(H,14,16). The van der Waals surface area contributed by atoms with Crippen LogP contribution in [0.25, 0.3) is 0 Å². The van der Waals surface area contributed by atoms with E-state index in [0.717, 1.165) is 16.4 Å². The van der Waals surface area contributed by atoms with E-state index in [1.54, 1.807) is 6.92 Å². The van der Waals surface area contributed by atoms with Gasteiger partial charge < -0.3 is 11.1 Å². The van der Waals surface area contributed by atoms with E-state index in [4.69, 9.17) is 5.73 Å². The number of nitrogens with zero attached hydrogens (tertiary/aromatic N) is 1. The minimum atomic E-state index is -4.00. The summed E-state index contributed by atoms with van der Waals surface area (Å²) in [6, 6.07) is 3.07. The Morgan fingerprint density at radius 2 is 2.11 bits per heavy atom. The third-order valence-corrected chi connectivity index (χ3v) is 4.26. The highest BCUT2D eigenvalue weighted by Gasteiger charge is 2.25. The number of likely N-dealkylation sites (N-methyl/N-ethyl adjacent to an activating group) is 2. The molecule has 3 N–H and O–H groups in total. The van der Waals surface area contributed by atoms with E-state index < -0.39 is 21.7 Å². The van der Waals surface area contributed by atoms with Gasteiger partial charge in [0.15, 0.2) is 0 Å². The third-order valence-electron chi connectivity index (χ3n) is 2.40. The van der Waals surface area contributed by atoms with E-state index in [9.17, 15) is 17.6 Å². The largest absolute Gasteiger partial charge is 0.398 e. The van der Waals surface area contributed by atoms with Crippen LogP contribution in [0.15, 0.2) is 23.1 Å². The number of halogens is 1. The van der Waals surface area contributed by atoms with Gasteiger partial charge in [-0.05, 0) is 25.1 Å². The number of hydrogen-bond donors (Lipinski definition) is 2. The summed E-state index contributed by atoms with van der Waals surface area (Å²) < 4.78 is 38.2. The van der Waals surface area contributed by atoms with Crippen molar-refractivity contribution < 1.29 is 17.6 Å². The highest BCUT2D eigenvalue weighted by molar-refractivity contribution is 7.89. The van der Waals surface area contributed by atoms with Crippen LogP contribution in [0.2, 0.25) is 0 Å². The highest BCUT2D eigenvalue weighted by Crippen LogP contribution is 2.22. The number of hydrogen-bond acceptors (Lipinski definition) is 4. The zero-order valence-corrected chi connectivity index (χ0v) is 11.5. The molecule has 0 saturated carbocycles. The summed E-state index contributed by atoms with van der Waals surface area (Å²) in [5, 5.41) is 2.48. The first-order valence-corrected chi connectivity index (χ1v) is 7.01. The van der Waals surface area contributed by atoms with Gasteiger partial charge in [0.1, 0.15) is 10.7 Å². The molecule has 0 aliphatic rings. The molecule has 0 aromatic heterocycles. The first kappa shape index (κ1) is 15.4. The van der Waals surface area contributed by atoms with Gasteiger partial charge in [-0.1, -0.05) is 0 Å². The molecule has 0 unspecified atom stereocenters. The third kappa shape index (κ3) is 3.65. The van der Waals surface area contributed by atoms with Crippen molar-refractivity contribution in [1.29, 1.82) is 0 Å². The number of nitrogens with two attached hydrogens (primary N) is 1. The van der Waals surface area contributed by atoms with Crippen molar-refractivity contribution in [2.75, 3.05) is 25.9 Å². The van der Waals surface area contributed by atoms with Crippen LogP contribution in [0.1, 0.15) is 6.92 Å². The number of rotatable bonds is 5. The average Bonchev–Trinajstić information content (AvgIpc) is 2.32. The maximum Gasteiger partial charge on any atom is 0.245 e. The normalized spacial score (nSPS) is 11.6. The minimum Gasteiger partial charge on any atom is -0.398 e. The maximum atomic E-state index is 13.1. The second kappa shape index (κ2) is 5.98. The van der Waals surface area contributed by atoms with E-state index in [1.807, 2.05) is 0 Å². The molecule has 0 spiro atoms. The van der Waals surface area contributed by atoms with Crippen molar-refractivity contribution >= 4 is 21.6 Å². The lowest BCUT2D eigenvalue weighted by Gasteiger charge is -2.17. The summed E-state index contributed by atoms with van der Waals surface area (Å²) in [7, 11) is -2.77. The van der Waals surface area contributed by atoms with Crippen LogP contribution < -0.4 is 11.1 Å². The van der Waals surface area contributed by atoms with E-state index in [1.165, 1.54) is 13.1 Å². The van der Waals surface area contributed by atoms with Crippen molar-refractivity contribution in [2.24, 2.45) is 0 Å². The fourth-order valence-electron chi connectivity index (χ4n) is 1.44. The van der Waals surface area contributed by atoms with Crippen molar-refractivity contribution in [1.82, 2.24) is 9.62 Å². The zero-order valence-electron chi connectivity index (χ0n) is 10.7. The minimum absolute atomic E-state index is 0.0656. The lowest BCUT2D eigenvalue weighted by atomic mass is 10.3. The number of sulfonamides is 1. The zero-order chi connectivity index (χ0) is 14.6. The van der Waals surface area contributed by atoms with E-state index >= 15 is 0 Å². The first-order valence-electron chi connectivity index (χ1n) is 5.57. The molecular weight excluding hydrogens is 273 g/mol. The van der Waals surface area contributed by atoms with Crippen molar-refractivity contribution in [3.05, 3.63) is 24.0 Å². The van der Waals surface area contributed by atoms with Crippen LogP contribution in [0, 0.1) is 5.82 Å². The summed E-state index contributed by atoms with van der Waals surface area (Å²) in [6.07, 6.45) is 0. The monoisotopic (exact) mass is 289 g/mol. The topological polar surface area (TPSA) is 92.5 Å². The van der Waals surface area contributed by atoms with E-state index in [-0.39, 0.29) is 17.1 Å². The van der Waals surface area contributed by atoms with Gasteiger partial charge in [-0.25, -0.2) is 12.8 Å². The smallest absolute Gasteiger partial charge is 0.245 e. The molecule has 0 aliphatic heterocycles. The molecule has 0 fully saturated rings. The van der Waals surface area contributed by atoms with Crippen LogP contribution in [-0.2, 0) is 14.8 Å². The summed E-state index contributed by atoms with van der Waals surface area (Å²) >= 11 is 0. The molecule has 0 atom stereocenters. The van der Waals surface area contributed by atoms with E-state index in [2.05, 4.69) is 5.32 Å². The number of carbonyl (C=O) groups is 1. The molecule has 0 saturated heterocycles. The predicted octanol–water partition coefficient (Wildman–Crippen LogP) is 0.165. The Labute approximate surface area is 111 Å². The Morgan fingerprint density at radius 1 is 1.47 bits per heavy atom. The molecule has 106 valence electrons. The van der Waals surface area contributed by atoms with Crippen LogP contribution in [-0.4, -0.2) is 38.8 Å². The van der Waals surface area contributed by atoms with Gasteiger partial charge >= 0.3 is 0 Å². The molecule has 0 radical (unpaired) electrons. The Hall–Kier alpha value is -1.67. The lowest BCUT2D eigenvalue weighted by Crippen LogP contribution is -2.38. The van der Waals surface area contributed by atoms with Crippen LogP contribution >= 0.6 is 0 Å². The summed E-state index contributed by atoms with van der Waals surface area (Å²) in [5.41, 5.74) is 5.46. The molecule has 0 aliphatic carbocycles. The molecule has 1 rings (SSSR count). The molecule has 1 aromatic rings. The van der Waals surface area contributed by atoms with Gasteiger partial charge in [-0.2, -0.15) is 4.31 Å². The summed E-state index contributed by atoms with van der Waals surface area (Å²) in [6.45, 7) is 1.76. The number of anilines is 1. The highest BCUT2D eigenvalue weighted by atomic mass is 32.2. The van der Waals surface area contributed by atoms with Gasteiger partial charge in [0.05, 0.1) is 12.2 Å². The average molecular weight is 289 g/mol. The Morgan fingerprint density at radius 3 is 2.68 bits per heavy atom. The molecule has 8 heteroatoms. The van der Waals surface area contributed by atoms with Gasteiger partial charge in [0, 0.05) is 13.6 Å². The molecule has 1 amide bonds. The SMILES string of the molecule is CCNC(=O)CN(C)S(=O)(=O)c1cc(F)ccc1N. The van der Waals surface area contributed by atoms with Crippen LogP contribution in [0.5, 0.6) is 0 Å². The second-order valence-corrected chi connectivity index (χ2v) is 5.91. The van der Waals surface area contributed by atoms with Gasteiger partial charge in [-0.3, -0.25) is 4.79 Å². The fraction of sp³-hybridized carbons (Fsp3) is 0.364. The maximum absolute atomic E-state index is 13.1. The molecule has 1 aromatic carbocycles. The Bertz CT molecular complexity index is 575. The van der Waals surface area contributed by atoms with E-state index in [0.29, 0.717) is 6.54 Å². The molecule has 19 heavy (non-hydrogen) atoms. The first-order chi connectivity index (χ1) is 8.78. The number of nitrogens with one attached hydrogen (secondary N) is 1. The van der Waals surface area contributed by atoms with Crippen molar-refractivity contribution in [3.63, 3.8) is 0 Å². The van der Waals surface area contributed by atoms with Crippen LogP contribution in [0.3, 0.4) is 0 Å². The molecule has 6 nitrogen and oxygen atoms in total. The van der Waals surface area contributed by atoms with Gasteiger partial charge in [0.2, 0.25) is 15.9 Å². The molecular formula is C11H16FN3O3S. The van der Waals surface area contributed by atoms with Crippen molar-refractivity contribution in [3.8, 4) is 0 Å². The Kier molecular flexibility index (Phi) is 4.84. The molecule has 0 bridgehead atoms. The number of carbonyl (C=O) groups excluding carboxylic acids is 1. The second-order valence-electron chi connectivity index (χ2n) is 3.90. The Balaban J connectivity index is 3.03. The van der Waals surface area contributed by atoms with Gasteiger partial charge in [0.25, 0.3) is 0 Å². The van der Waals surface area contributed by atoms with Crippen LogP contribution in [0.4, 0.5) is 10.1 Å². The quantitative estimate of drug-likeness (QED) is 0.755. The predicted molar refractivity (Wildman–Crippen MR) is 69.3 cm³/mol. The number of amides is 1. The lowest BCUT2D eigenvalue weighted by molar-refractivity contribution is -0.121. The molecule has 0 heterocycles. The summed E-state index contributed by atoms with van der Waals surface area (Å²) in [5.74, 6) is -1.15. The van der Waals surface area contributed by atoms with Crippen molar-refractivity contribution in [2.45, 2.75) is 11.8 Å². The summed E-state index contributed by atoms with van der Waals surface area (Å²) in [4.78, 5) is 11.0.